The maximum Gasteiger partial charge on any atom is 0.239 e. The summed E-state index contributed by atoms with van der Waals surface area (Å²) in [6, 6.07) is 6.70. The molecule has 0 saturated carbocycles. The third-order valence-electron chi connectivity index (χ3n) is 1.59. The number of rotatable bonds is 5. The lowest BCUT2D eigenvalue weighted by Gasteiger charge is -2.06. The first-order valence-electron chi connectivity index (χ1n) is 4.41. The predicted octanol–water partition coefficient (Wildman–Crippen LogP) is 2.21. The van der Waals surface area contributed by atoms with Crippen molar-refractivity contribution in [2.24, 2.45) is 0 Å². The Morgan fingerprint density at radius 2 is 2.33 bits per heavy atom. The topological polar surface area (TPSA) is 38.3 Å². The maximum atomic E-state index is 11.8. The van der Waals surface area contributed by atoms with Gasteiger partial charge in [0.15, 0.2) is 0 Å². The van der Waals surface area contributed by atoms with Crippen molar-refractivity contribution in [3.8, 4) is 5.75 Å². The Hall–Kier alpha value is -1.29. The fourth-order valence-electron chi connectivity index (χ4n) is 1.01. The van der Waals surface area contributed by atoms with E-state index in [1.807, 2.05) is 0 Å². The average molecular weight is 232 g/mol. The fourth-order valence-corrected chi connectivity index (χ4v) is 1.08. The summed E-state index contributed by atoms with van der Waals surface area (Å²) in [4.78, 5) is 11.0. The Labute approximate surface area is 92.2 Å². The summed E-state index contributed by atoms with van der Waals surface area (Å²) in [5.41, 5.74) is 0.581. The summed E-state index contributed by atoms with van der Waals surface area (Å²) in [6.07, 6.45) is 0. The zero-order valence-electron chi connectivity index (χ0n) is 8.00. The molecule has 0 bridgehead atoms. The first-order valence-corrected chi connectivity index (χ1v) is 4.94. The number of amides is 1. The quantitative estimate of drug-likeness (QED) is 0.789. The first-order chi connectivity index (χ1) is 7.26. The third-order valence-corrected chi connectivity index (χ3v) is 1.83. The molecule has 0 radical (unpaired) electrons. The second kappa shape index (κ2) is 6.24. The van der Waals surface area contributed by atoms with Crippen LogP contribution in [0.15, 0.2) is 24.3 Å². The van der Waals surface area contributed by atoms with E-state index in [4.69, 9.17) is 16.3 Å². The van der Waals surface area contributed by atoms with Crippen molar-refractivity contribution in [2.45, 2.75) is 0 Å². The molecule has 0 aliphatic carbocycles. The number of carbonyl (C=O) groups excluding carboxylic acids is 1. The van der Waals surface area contributed by atoms with Crippen LogP contribution in [-0.2, 0) is 4.79 Å². The van der Waals surface area contributed by atoms with Gasteiger partial charge in [-0.2, -0.15) is 0 Å². The molecule has 3 nitrogen and oxygen atoms in total. The third kappa shape index (κ3) is 4.16. The zero-order valence-corrected chi connectivity index (χ0v) is 8.76. The van der Waals surface area contributed by atoms with E-state index in [2.05, 4.69) is 5.32 Å². The molecular formula is C10H11ClFNO2. The van der Waals surface area contributed by atoms with Crippen molar-refractivity contribution in [3.05, 3.63) is 24.3 Å². The molecule has 0 spiro atoms. The van der Waals surface area contributed by atoms with Crippen molar-refractivity contribution >= 4 is 23.2 Å². The molecule has 5 heteroatoms. The minimum atomic E-state index is -0.543. The number of nitrogens with one attached hydrogen (secondary N) is 1. The zero-order chi connectivity index (χ0) is 11.1. The van der Waals surface area contributed by atoms with Gasteiger partial charge in [-0.3, -0.25) is 4.79 Å². The second-order valence-corrected chi connectivity index (χ2v) is 3.01. The van der Waals surface area contributed by atoms with Gasteiger partial charge in [0, 0.05) is 11.8 Å². The second-order valence-electron chi connectivity index (χ2n) is 2.75. The highest BCUT2D eigenvalue weighted by molar-refractivity contribution is 6.29. The van der Waals surface area contributed by atoms with Crippen LogP contribution >= 0.6 is 11.6 Å². The summed E-state index contributed by atoms with van der Waals surface area (Å²) in [7, 11) is 0. The normalized spacial score (nSPS) is 9.73. The summed E-state index contributed by atoms with van der Waals surface area (Å²) in [5, 5.41) is 2.56. The number of hydrogen-bond acceptors (Lipinski definition) is 2. The molecular weight excluding hydrogens is 221 g/mol. The van der Waals surface area contributed by atoms with E-state index < -0.39 is 6.67 Å². The number of carbonyl (C=O) groups is 1. The van der Waals surface area contributed by atoms with Gasteiger partial charge in [-0.05, 0) is 12.1 Å². The minimum absolute atomic E-state index is 0.00685. The van der Waals surface area contributed by atoms with Gasteiger partial charge in [0.2, 0.25) is 5.91 Å². The number of ether oxygens (including phenoxy) is 1. The Bertz CT molecular complexity index is 333. The van der Waals surface area contributed by atoms with Crippen LogP contribution in [0.4, 0.5) is 10.1 Å². The molecule has 1 aromatic rings. The van der Waals surface area contributed by atoms with Crippen molar-refractivity contribution < 1.29 is 13.9 Å². The standard InChI is InChI=1S/C10H11ClFNO2/c11-7-10(14)13-8-2-1-3-9(6-8)15-5-4-12/h1-3,6H,4-5,7H2,(H,13,14). The van der Waals surface area contributed by atoms with Gasteiger partial charge < -0.3 is 10.1 Å². The van der Waals surface area contributed by atoms with E-state index in [0.717, 1.165) is 0 Å². The lowest BCUT2D eigenvalue weighted by atomic mass is 10.3. The minimum Gasteiger partial charge on any atom is -0.491 e. The SMILES string of the molecule is O=C(CCl)Nc1cccc(OCCF)c1. The van der Waals surface area contributed by atoms with Crippen LogP contribution in [0.25, 0.3) is 0 Å². The number of alkyl halides is 2. The fraction of sp³-hybridized carbons (Fsp3) is 0.300. The summed E-state index contributed by atoms with van der Waals surface area (Å²) in [5.74, 6) is 0.120. The number of halogens is 2. The summed E-state index contributed by atoms with van der Waals surface area (Å²) >= 11 is 5.33. The molecule has 0 aliphatic rings. The van der Waals surface area contributed by atoms with Gasteiger partial charge in [-0.1, -0.05) is 6.07 Å². The lowest BCUT2D eigenvalue weighted by Crippen LogP contribution is -2.12. The van der Waals surface area contributed by atoms with E-state index in [9.17, 15) is 9.18 Å². The van der Waals surface area contributed by atoms with Crippen molar-refractivity contribution in [1.82, 2.24) is 0 Å². The summed E-state index contributed by atoms with van der Waals surface area (Å²) < 4.78 is 16.9. The molecule has 0 atom stereocenters. The van der Waals surface area contributed by atoms with E-state index in [1.165, 1.54) is 0 Å². The van der Waals surface area contributed by atoms with Gasteiger partial charge in [0.05, 0.1) is 0 Å². The molecule has 0 fully saturated rings. The lowest BCUT2D eigenvalue weighted by molar-refractivity contribution is -0.113. The molecule has 0 aromatic heterocycles. The van der Waals surface area contributed by atoms with Crippen LogP contribution in [-0.4, -0.2) is 25.1 Å². The number of hydrogen-bond donors (Lipinski definition) is 1. The van der Waals surface area contributed by atoms with Crippen LogP contribution in [0.2, 0.25) is 0 Å². The Morgan fingerprint density at radius 1 is 1.53 bits per heavy atom. The molecule has 0 aliphatic heterocycles. The van der Waals surface area contributed by atoms with Crippen molar-refractivity contribution in [1.29, 1.82) is 0 Å². The first kappa shape index (κ1) is 11.8. The number of anilines is 1. The molecule has 0 saturated heterocycles. The van der Waals surface area contributed by atoms with Crippen molar-refractivity contribution in [2.75, 3.05) is 24.5 Å². The van der Waals surface area contributed by atoms with Gasteiger partial charge in [-0.25, -0.2) is 4.39 Å². The Morgan fingerprint density at radius 3 is 3.00 bits per heavy atom. The van der Waals surface area contributed by atoms with Gasteiger partial charge >= 0.3 is 0 Å². The highest BCUT2D eigenvalue weighted by atomic mass is 35.5. The van der Waals surface area contributed by atoms with Gasteiger partial charge in [0.25, 0.3) is 0 Å². The summed E-state index contributed by atoms with van der Waals surface area (Å²) in [6.45, 7) is -0.537. The predicted molar refractivity (Wildman–Crippen MR) is 57.3 cm³/mol. The highest BCUT2D eigenvalue weighted by Crippen LogP contribution is 2.17. The van der Waals surface area contributed by atoms with E-state index in [0.29, 0.717) is 11.4 Å². The molecule has 1 aromatic carbocycles. The largest absolute Gasteiger partial charge is 0.491 e. The van der Waals surface area contributed by atoms with Crippen LogP contribution in [0, 0.1) is 0 Å². The van der Waals surface area contributed by atoms with Crippen LogP contribution in [0.3, 0.4) is 0 Å². The highest BCUT2D eigenvalue weighted by Gasteiger charge is 2.01. The molecule has 1 amide bonds. The molecule has 0 heterocycles. The van der Waals surface area contributed by atoms with Gasteiger partial charge in [0.1, 0.15) is 24.9 Å². The van der Waals surface area contributed by atoms with Gasteiger partial charge in [-0.15, -0.1) is 11.6 Å². The van der Waals surface area contributed by atoms with E-state index >= 15 is 0 Å². The maximum absolute atomic E-state index is 11.8. The monoisotopic (exact) mass is 231 g/mol. The molecule has 82 valence electrons. The Kier molecular flexibility index (Phi) is 4.90. The van der Waals surface area contributed by atoms with Crippen LogP contribution in [0.5, 0.6) is 5.75 Å². The Balaban J connectivity index is 2.61. The van der Waals surface area contributed by atoms with Crippen LogP contribution < -0.4 is 10.1 Å². The van der Waals surface area contributed by atoms with Crippen molar-refractivity contribution in [3.63, 3.8) is 0 Å². The molecule has 1 rings (SSSR count). The molecule has 0 unspecified atom stereocenters. The van der Waals surface area contributed by atoms with E-state index in [1.54, 1.807) is 24.3 Å². The molecule has 15 heavy (non-hydrogen) atoms. The molecule has 1 N–H and O–H groups in total. The van der Waals surface area contributed by atoms with Crippen LogP contribution in [0.1, 0.15) is 0 Å². The number of benzene rings is 1. The average Bonchev–Trinajstić information content (AvgIpc) is 2.26. The smallest absolute Gasteiger partial charge is 0.239 e. The van der Waals surface area contributed by atoms with E-state index in [-0.39, 0.29) is 18.4 Å².